The Hall–Kier alpha value is -0.590. The zero-order valence-electron chi connectivity index (χ0n) is 11.7. The van der Waals surface area contributed by atoms with Crippen LogP contribution in [0.5, 0.6) is 0 Å². The predicted molar refractivity (Wildman–Crippen MR) is 74.2 cm³/mol. The van der Waals surface area contributed by atoms with Crippen LogP contribution in [0.4, 0.5) is 0 Å². The van der Waals surface area contributed by atoms with Crippen LogP contribution in [-0.4, -0.2) is 5.78 Å². The van der Waals surface area contributed by atoms with E-state index in [1.807, 2.05) is 0 Å². The third-order valence-electron chi connectivity index (χ3n) is 3.76. The molecule has 1 heteroatoms. The summed E-state index contributed by atoms with van der Waals surface area (Å²) in [7, 11) is 0. The third kappa shape index (κ3) is 5.06. The van der Waals surface area contributed by atoms with E-state index in [0.717, 1.165) is 25.7 Å². The fourth-order valence-corrected chi connectivity index (χ4v) is 2.67. The van der Waals surface area contributed by atoms with Crippen molar-refractivity contribution in [3.8, 4) is 0 Å². The third-order valence-corrected chi connectivity index (χ3v) is 3.76. The maximum atomic E-state index is 12.0. The summed E-state index contributed by atoms with van der Waals surface area (Å²) in [5.41, 5.74) is 2.72. The summed E-state index contributed by atoms with van der Waals surface area (Å²) < 4.78 is 0. The molecule has 1 nitrogen and oxygen atoms in total. The highest BCUT2D eigenvalue weighted by atomic mass is 16.1. The van der Waals surface area contributed by atoms with E-state index in [2.05, 4.69) is 13.8 Å². The van der Waals surface area contributed by atoms with Crippen molar-refractivity contribution in [1.29, 1.82) is 0 Å². The minimum Gasteiger partial charge on any atom is -0.295 e. The highest BCUT2D eigenvalue weighted by Crippen LogP contribution is 2.31. The lowest BCUT2D eigenvalue weighted by Crippen LogP contribution is -2.02. The fraction of sp³-hybridized carbons (Fsp3) is 0.812. The lowest BCUT2D eigenvalue weighted by molar-refractivity contribution is -0.115. The first kappa shape index (κ1) is 14.5. The number of carbonyl (C=O) groups excluding carboxylic acids is 1. The van der Waals surface area contributed by atoms with E-state index >= 15 is 0 Å². The average molecular weight is 236 g/mol. The van der Waals surface area contributed by atoms with Gasteiger partial charge in [0.1, 0.15) is 0 Å². The molecule has 0 aromatic rings. The second-order valence-electron chi connectivity index (χ2n) is 5.27. The van der Waals surface area contributed by atoms with Gasteiger partial charge in [0, 0.05) is 6.42 Å². The molecule has 0 fully saturated rings. The Labute approximate surface area is 107 Å². The Morgan fingerprint density at radius 2 is 1.76 bits per heavy atom. The number of rotatable bonds is 9. The highest BCUT2D eigenvalue weighted by molar-refractivity contribution is 5.96. The van der Waals surface area contributed by atoms with Gasteiger partial charge in [-0.2, -0.15) is 0 Å². The number of unbranched alkanes of at least 4 members (excludes halogenated alkanes) is 4. The van der Waals surface area contributed by atoms with Crippen LogP contribution < -0.4 is 0 Å². The first-order valence-corrected chi connectivity index (χ1v) is 7.53. The van der Waals surface area contributed by atoms with Gasteiger partial charge in [0.2, 0.25) is 0 Å². The Bertz CT molecular complexity index is 263. The van der Waals surface area contributed by atoms with Gasteiger partial charge in [-0.25, -0.2) is 0 Å². The van der Waals surface area contributed by atoms with Crippen molar-refractivity contribution in [2.75, 3.05) is 0 Å². The number of carbonyl (C=O) groups is 1. The van der Waals surface area contributed by atoms with E-state index in [1.54, 1.807) is 0 Å². The Balaban J connectivity index is 2.39. The summed E-state index contributed by atoms with van der Waals surface area (Å²) >= 11 is 0. The molecule has 1 rings (SSSR count). The molecule has 0 saturated heterocycles. The zero-order chi connectivity index (χ0) is 12.5. The molecule has 0 radical (unpaired) electrons. The van der Waals surface area contributed by atoms with Crippen LogP contribution >= 0.6 is 0 Å². The molecule has 0 unspecified atom stereocenters. The highest BCUT2D eigenvalue weighted by Gasteiger charge is 2.19. The molecule has 0 aromatic heterocycles. The molecule has 0 N–H and O–H groups in total. The molecular weight excluding hydrogens is 208 g/mol. The molecule has 98 valence electrons. The molecule has 0 spiro atoms. The molecule has 0 aromatic carbocycles. The monoisotopic (exact) mass is 236 g/mol. The normalized spacial score (nSPS) is 15.6. The lowest BCUT2D eigenvalue weighted by atomic mass is 9.98. The first-order chi connectivity index (χ1) is 8.29. The maximum Gasteiger partial charge on any atom is 0.158 e. The summed E-state index contributed by atoms with van der Waals surface area (Å²) in [6, 6.07) is 0. The molecule has 0 amide bonds. The predicted octanol–water partition coefficient (Wildman–Crippen LogP) is 5.20. The molecule has 1 aliphatic carbocycles. The summed E-state index contributed by atoms with van der Waals surface area (Å²) in [4.78, 5) is 12.0. The van der Waals surface area contributed by atoms with Crippen molar-refractivity contribution in [3.05, 3.63) is 11.1 Å². The molecule has 0 bridgehead atoms. The lowest BCUT2D eigenvalue weighted by Gasteiger charge is -2.06. The van der Waals surface area contributed by atoms with E-state index in [-0.39, 0.29) is 0 Å². The van der Waals surface area contributed by atoms with Crippen LogP contribution in [0.3, 0.4) is 0 Å². The van der Waals surface area contributed by atoms with Gasteiger partial charge in [-0.05, 0) is 44.1 Å². The quantitative estimate of drug-likeness (QED) is 0.503. The molecule has 0 aliphatic heterocycles. The average Bonchev–Trinajstić information content (AvgIpc) is 2.80. The molecule has 1 aliphatic rings. The molecule has 0 saturated carbocycles. The first-order valence-electron chi connectivity index (χ1n) is 7.53. The molecular formula is C16H28O. The van der Waals surface area contributed by atoms with E-state index < -0.39 is 0 Å². The van der Waals surface area contributed by atoms with Crippen LogP contribution in [0, 0.1) is 0 Å². The molecule has 0 atom stereocenters. The topological polar surface area (TPSA) is 17.1 Å². The summed E-state index contributed by atoms with van der Waals surface area (Å²) in [6.45, 7) is 4.40. The van der Waals surface area contributed by atoms with Crippen molar-refractivity contribution < 1.29 is 4.79 Å². The van der Waals surface area contributed by atoms with Crippen molar-refractivity contribution in [2.45, 2.75) is 84.5 Å². The van der Waals surface area contributed by atoms with Gasteiger partial charge in [0.05, 0.1) is 0 Å². The standard InChI is InChI=1S/C16H28O/c1-3-5-7-8-10-14-11-9-12-15(14)16(17)13-6-4-2/h3-13H2,1-2H3. The number of ketones is 1. The van der Waals surface area contributed by atoms with Crippen LogP contribution in [-0.2, 0) is 4.79 Å². The second-order valence-corrected chi connectivity index (χ2v) is 5.27. The van der Waals surface area contributed by atoms with Crippen LogP contribution in [0.25, 0.3) is 0 Å². The zero-order valence-corrected chi connectivity index (χ0v) is 11.7. The van der Waals surface area contributed by atoms with Crippen molar-refractivity contribution >= 4 is 5.78 Å². The Morgan fingerprint density at radius 1 is 1.00 bits per heavy atom. The van der Waals surface area contributed by atoms with Gasteiger partial charge in [-0.15, -0.1) is 0 Å². The van der Waals surface area contributed by atoms with Crippen LogP contribution in [0.1, 0.15) is 84.5 Å². The fourth-order valence-electron chi connectivity index (χ4n) is 2.67. The van der Waals surface area contributed by atoms with Crippen molar-refractivity contribution in [1.82, 2.24) is 0 Å². The number of Topliss-reactive ketones (excluding diaryl/α,β-unsaturated/α-hetero) is 1. The Morgan fingerprint density at radius 3 is 2.47 bits per heavy atom. The van der Waals surface area contributed by atoms with E-state index in [0.29, 0.717) is 5.78 Å². The summed E-state index contributed by atoms with van der Waals surface area (Å²) in [5.74, 6) is 0.454. The molecule has 0 heterocycles. The van der Waals surface area contributed by atoms with Gasteiger partial charge < -0.3 is 0 Å². The van der Waals surface area contributed by atoms with Crippen LogP contribution in [0.15, 0.2) is 11.1 Å². The molecule has 17 heavy (non-hydrogen) atoms. The smallest absolute Gasteiger partial charge is 0.158 e. The largest absolute Gasteiger partial charge is 0.295 e. The second kappa shape index (κ2) is 8.49. The van der Waals surface area contributed by atoms with Crippen molar-refractivity contribution in [2.24, 2.45) is 0 Å². The van der Waals surface area contributed by atoms with Gasteiger partial charge in [0.15, 0.2) is 5.78 Å². The van der Waals surface area contributed by atoms with Gasteiger partial charge in [-0.1, -0.05) is 45.1 Å². The number of allylic oxidation sites excluding steroid dienone is 2. The summed E-state index contributed by atoms with van der Waals surface area (Å²) in [6.07, 6.45) is 12.9. The number of hydrogen-bond acceptors (Lipinski definition) is 1. The van der Waals surface area contributed by atoms with E-state index in [9.17, 15) is 4.79 Å². The van der Waals surface area contributed by atoms with Gasteiger partial charge in [0.25, 0.3) is 0 Å². The minimum absolute atomic E-state index is 0.454. The minimum atomic E-state index is 0.454. The number of hydrogen-bond donors (Lipinski definition) is 0. The Kier molecular flexibility index (Phi) is 7.23. The van der Waals surface area contributed by atoms with Gasteiger partial charge in [-0.3, -0.25) is 4.79 Å². The van der Waals surface area contributed by atoms with E-state index in [1.165, 1.54) is 56.1 Å². The van der Waals surface area contributed by atoms with Crippen molar-refractivity contribution in [3.63, 3.8) is 0 Å². The van der Waals surface area contributed by atoms with E-state index in [4.69, 9.17) is 0 Å². The van der Waals surface area contributed by atoms with Crippen LogP contribution in [0.2, 0.25) is 0 Å². The maximum absolute atomic E-state index is 12.0. The van der Waals surface area contributed by atoms with Gasteiger partial charge >= 0.3 is 0 Å². The summed E-state index contributed by atoms with van der Waals surface area (Å²) in [5, 5.41) is 0. The SMILES string of the molecule is CCCCCCC1=C(C(=O)CCCC)CCC1.